The molecule has 0 saturated carbocycles. The van der Waals surface area contributed by atoms with Gasteiger partial charge in [0.15, 0.2) is 0 Å². The summed E-state index contributed by atoms with van der Waals surface area (Å²) in [5.74, 6) is 0. The second-order valence-corrected chi connectivity index (χ2v) is 10.9. The Balaban J connectivity index is 1.18. The fourth-order valence-electron chi connectivity index (χ4n) is 6.41. The summed E-state index contributed by atoms with van der Waals surface area (Å²) in [7, 11) is 0. The zero-order valence-corrected chi connectivity index (χ0v) is 22.3. The van der Waals surface area contributed by atoms with Crippen molar-refractivity contribution in [2.24, 2.45) is 0 Å². The molecule has 0 heterocycles. The first-order valence-electron chi connectivity index (χ1n) is 14.2. The van der Waals surface area contributed by atoms with Gasteiger partial charge >= 0.3 is 0 Å². The average Bonchev–Trinajstić information content (AvgIpc) is 3.03. The van der Waals surface area contributed by atoms with Gasteiger partial charge in [0.25, 0.3) is 0 Å². The fraction of sp³-hybridized carbons (Fsp3) is 0.0500. The highest BCUT2D eigenvalue weighted by Crippen LogP contribution is 2.38. The minimum Gasteiger partial charge on any atom is -0.0836 e. The molecule has 0 bridgehead atoms. The average molecular weight is 509 g/mol. The van der Waals surface area contributed by atoms with Crippen LogP contribution in [-0.4, -0.2) is 0 Å². The van der Waals surface area contributed by atoms with E-state index < -0.39 is 0 Å². The van der Waals surface area contributed by atoms with E-state index in [0.717, 1.165) is 12.8 Å². The molecule has 0 heteroatoms. The van der Waals surface area contributed by atoms with Crippen molar-refractivity contribution >= 4 is 38.4 Å². The van der Waals surface area contributed by atoms with E-state index in [-0.39, 0.29) is 0 Å². The van der Waals surface area contributed by atoms with Gasteiger partial charge in [0, 0.05) is 0 Å². The van der Waals surface area contributed by atoms with Gasteiger partial charge in [0.05, 0.1) is 0 Å². The summed E-state index contributed by atoms with van der Waals surface area (Å²) >= 11 is 0. The van der Waals surface area contributed by atoms with Gasteiger partial charge in [0.2, 0.25) is 0 Å². The monoisotopic (exact) mass is 508 g/mol. The Kier molecular flexibility index (Phi) is 5.38. The molecule has 7 aromatic carbocycles. The van der Waals surface area contributed by atoms with Gasteiger partial charge in [-0.3, -0.25) is 0 Å². The zero-order chi connectivity index (χ0) is 26.5. The van der Waals surface area contributed by atoms with Crippen LogP contribution in [0.25, 0.3) is 71.8 Å². The first-order valence-corrected chi connectivity index (χ1v) is 14.2. The van der Waals surface area contributed by atoms with E-state index in [1.807, 2.05) is 0 Å². The van der Waals surface area contributed by atoms with Crippen LogP contribution in [0.5, 0.6) is 0 Å². The molecule has 1 aliphatic rings. The molecule has 0 N–H and O–H groups in total. The number of hydrogen-bond acceptors (Lipinski definition) is 0. The second-order valence-electron chi connectivity index (χ2n) is 10.9. The third-order valence-corrected chi connectivity index (χ3v) is 8.48. The van der Waals surface area contributed by atoms with Crippen LogP contribution in [-0.2, 0) is 6.42 Å². The van der Waals surface area contributed by atoms with Crippen molar-refractivity contribution in [1.82, 2.24) is 0 Å². The SMILES string of the molecule is C1=Cc2c(-c3cccc(-c4ccc5cc(-c6ccc7ccccc7c6)ccc5c4)c3)cc3ccccc3c2CC1. The number of rotatable bonds is 3. The summed E-state index contributed by atoms with van der Waals surface area (Å²) in [5.41, 5.74) is 10.5. The van der Waals surface area contributed by atoms with Crippen LogP contribution in [0.4, 0.5) is 0 Å². The molecule has 0 amide bonds. The first-order chi connectivity index (χ1) is 19.8. The van der Waals surface area contributed by atoms with Crippen LogP contribution in [0, 0.1) is 0 Å². The molecule has 0 fully saturated rings. The molecule has 0 spiro atoms. The minimum atomic E-state index is 1.10. The van der Waals surface area contributed by atoms with Gasteiger partial charge in [-0.25, -0.2) is 0 Å². The smallest absolute Gasteiger partial charge is 0.0102 e. The van der Waals surface area contributed by atoms with Crippen LogP contribution in [0.2, 0.25) is 0 Å². The maximum atomic E-state index is 2.37. The molecule has 188 valence electrons. The van der Waals surface area contributed by atoms with Crippen LogP contribution < -0.4 is 0 Å². The van der Waals surface area contributed by atoms with E-state index >= 15 is 0 Å². The van der Waals surface area contributed by atoms with Crippen LogP contribution >= 0.6 is 0 Å². The third kappa shape index (κ3) is 3.92. The molecule has 40 heavy (non-hydrogen) atoms. The van der Waals surface area contributed by atoms with Crippen molar-refractivity contribution in [2.45, 2.75) is 12.8 Å². The highest BCUT2D eigenvalue weighted by Gasteiger charge is 2.15. The molecule has 0 unspecified atom stereocenters. The minimum absolute atomic E-state index is 1.10. The van der Waals surface area contributed by atoms with E-state index in [1.165, 1.54) is 76.8 Å². The lowest BCUT2D eigenvalue weighted by atomic mass is 9.85. The Bertz CT molecular complexity index is 2110. The molecule has 0 nitrogen and oxygen atoms in total. The summed E-state index contributed by atoms with van der Waals surface area (Å²) in [4.78, 5) is 0. The number of hydrogen-bond donors (Lipinski definition) is 0. The molecule has 0 aliphatic heterocycles. The molecule has 8 rings (SSSR count). The summed E-state index contributed by atoms with van der Waals surface area (Å²) < 4.78 is 0. The maximum Gasteiger partial charge on any atom is -0.0102 e. The maximum absolute atomic E-state index is 2.37. The van der Waals surface area contributed by atoms with Gasteiger partial charge < -0.3 is 0 Å². The van der Waals surface area contributed by atoms with Gasteiger partial charge in [-0.05, 0) is 120 Å². The van der Waals surface area contributed by atoms with Gasteiger partial charge in [-0.15, -0.1) is 0 Å². The summed E-state index contributed by atoms with van der Waals surface area (Å²) in [6, 6.07) is 49.2. The largest absolute Gasteiger partial charge is 0.0836 e. The van der Waals surface area contributed by atoms with Crippen molar-refractivity contribution in [3.63, 3.8) is 0 Å². The highest BCUT2D eigenvalue weighted by atomic mass is 14.2. The van der Waals surface area contributed by atoms with Crippen LogP contribution in [0.1, 0.15) is 17.5 Å². The van der Waals surface area contributed by atoms with Crippen molar-refractivity contribution in [3.05, 3.63) is 151 Å². The molecule has 0 saturated heterocycles. The number of aryl methyl sites for hydroxylation is 1. The molecule has 0 atom stereocenters. The van der Waals surface area contributed by atoms with Gasteiger partial charge in [-0.1, -0.05) is 115 Å². The van der Waals surface area contributed by atoms with Crippen molar-refractivity contribution < 1.29 is 0 Å². The van der Waals surface area contributed by atoms with Crippen molar-refractivity contribution in [1.29, 1.82) is 0 Å². The number of benzene rings is 7. The predicted molar refractivity (Wildman–Crippen MR) is 173 cm³/mol. The number of allylic oxidation sites excluding steroid dienone is 1. The summed E-state index contributed by atoms with van der Waals surface area (Å²) in [5, 5.41) is 7.79. The molecular formula is C40H28. The van der Waals surface area contributed by atoms with Gasteiger partial charge in [0.1, 0.15) is 0 Å². The van der Waals surface area contributed by atoms with E-state index in [2.05, 4.69) is 146 Å². The zero-order valence-electron chi connectivity index (χ0n) is 22.3. The fourth-order valence-corrected chi connectivity index (χ4v) is 6.41. The summed E-state index contributed by atoms with van der Waals surface area (Å²) in [6.45, 7) is 0. The lowest BCUT2D eigenvalue weighted by Crippen LogP contribution is -1.98. The predicted octanol–water partition coefficient (Wildman–Crippen LogP) is 11.1. The Morgan fingerprint density at radius 2 is 0.975 bits per heavy atom. The van der Waals surface area contributed by atoms with E-state index in [9.17, 15) is 0 Å². The van der Waals surface area contributed by atoms with E-state index in [4.69, 9.17) is 0 Å². The quantitative estimate of drug-likeness (QED) is 0.223. The molecular weight excluding hydrogens is 480 g/mol. The number of fused-ring (bicyclic) bond motifs is 5. The normalized spacial score (nSPS) is 12.7. The second kappa shape index (κ2) is 9.36. The van der Waals surface area contributed by atoms with Crippen molar-refractivity contribution in [3.8, 4) is 33.4 Å². The molecule has 7 aromatic rings. The van der Waals surface area contributed by atoms with Crippen LogP contribution in [0.15, 0.2) is 140 Å². The van der Waals surface area contributed by atoms with E-state index in [1.54, 1.807) is 0 Å². The molecule has 1 aliphatic carbocycles. The standard InChI is InChI=1S/C40H28/c1-2-9-28-22-31(17-16-27(28)8-1)33-21-20-32-23-30(18-19-34(32)24-33)29-11-7-12-35(25-29)40-26-36-10-3-4-13-37(36)38-14-5-6-15-39(38)40/h1-4,6-13,15-26H,5,14H2. The van der Waals surface area contributed by atoms with E-state index in [0.29, 0.717) is 0 Å². The molecule has 0 radical (unpaired) electrons. The lowest BCUT2D eigenvalue weighted by molar-refractivity contribution is 0.998. The molecule has 0 aromatic heterocycles. The van der Waals surface area contributed by atoms with Crippen molar-refractivity contribution in [2.75, 3.05) is 0 Å². The Hall–Kier alpha value is -4.94. The third-order valence-electron chi connectivity index (χ3n) is 8.48. The van der Waals surface area contributed by atoms with Crippen LogP contribution in [0.3, 0.4) is 0 Å². The highest BCUT2D eigenvalue weighted by molar-refractivity contribution is 5.97. The topological polar surface area (TPSA) is 0 Å². The Morgan fingerprint density at radius 3 is 1.73 bits per heavy atom. The lowest BCUT2D eigenvalue weighted by Gasteiger charge is -2.19. The van der Waals surface area contributed by atoms with Gasteiger partial charge in [-0.2, -0.15) is 0 Å². The Morgan fingerprint density at radius 1 is 0.400 bits per heavy atom. The summed E-state index contributed by atoms with van der Waals surface area (Å²) in [6.07, 6.45) is 6.86. The Labute approximate surface area is 234 Å². The first kappa shape index (κ1) is 23.0.